The molecule has 1 fully saturated rings. The van der Waals surface area contributed by atoms with Gasteiger partial charge in [0.15, 0.2) is 0 Å². The summed E-state index contributed by atoms with van der Waals surface area (Å²) in [6.07, 6.45) is 2.53. The molecule has 0 aliphatic carbocycles. The van der Waals surface area contributed by atoms with Gasteiger partial charge in [-0.2, -0.15) is 0 Å². The number of nitrogens with one attached hydrogen (secondary N) is 1. The predicted molar refractivity (Wildman–Crippen MR) is 133 cm³/mol. The summed E-state index contributed by atoms with van der Waals surface area (Å²) in [6, 6.07) is 16.2. The van der Waals surface area contributed by atoms with E-state index in [1.54, 1.807) is 29.2 Å². The summed E-state index contributed by atoms with van der Waals surface area (Å²) in [4.78, 5) is 32.2. The maximum Gasteiger partial charge on any atom is 0.295 e. The first-order chi connectivity index (χ1) is 16.5. The molecule has 1 atom stereocenters. The summed E-state index contributed by atoms with van der Waals surface area (Å²) in [5.41, 5.74) is 3.64. The Morgan fingerprint density at radius 3 is 2.74 bits per heavy atom. The number of amides is 1. The monoisotopic (exact) mass is 472 g/mol. The number of H-pyrrole nitrogens is 1. The lowest BCUT2D eigenvalue weighted by Crippen LogP contribution is -2.31. The SMILES string of the molecule is COc1cccc(/C(O)=C2/C(=O)C(=O)N(CCc3c[nH]c4ccccc34)C2c2sccc2C)c1. The van der Waals surface area contributed by atoms with Crippen LogP contribution in [-0.4, -0.2) is 40.3 Å². The van der Waals surface area contributed by atoms with E-state index in [1.165, 1.54) is 18.4 Å². The minimum absolute atomic E-state index is 0.114. The fourth-order valence-corrected chi connectivity index (χ4v) is 5.60. The highest BCUT2D eigenvalue weighted by molar-refractivity contribution is 7.10. The largest absolute Gasteiger partial charge is 0.507 e. The Kier molecular flexibility index (Phi) is 5.71. The van der Waals surface area contributed by atoms with Crippen molar-refractivity contribution in [1.82, 2.24) is 9.88 Å². The van der Waals surface area contributed by atoms with Gasteiger partial charge in [0.1, 0.15) is 11.5 Å². The van der Waals surface area contributed by atoms with Crippen LogP contribution in [0.15, 0.2) is 71.7 Å². The molecule has 1 saturated heterocycles. The molecule has 1 unspecified atom stereocenters. The van der Waals surface area contributed by atoms with Crippen LogP contribution in [-0.2, 0) is 16.0 Å². The lowest BCUT2D eigenvalue weighted by atomic mass is 9.98. The lowest BCUT2D eigenvalue weighted by Gasteiger charge is -2.25. The van der Waals surface area contributed by atoms with Crippen LogP contribution in [0, 0.1) is 6.92 Å². The second-order valence-corrected chi connectivity index (χ2v) is 9.25. The second-order valence-electron chi connectivity index (χ2n) is 8.30. The summed E-state index contributed by atoms with van der Waals surface area (Å²) in [6.45, 7) is 2.31. The van der Waals surface area contributed by atoms with Gasteiger partial charge in [-0.1, -0.05) is 30.3 Å². The molecule has 6 nitrogen and oxygen atoms in total. The van der Waals surface area contributed by atoms with Crippen LogP contribution < -0.4 is 4.74 Å². The Hall–Kier alpha value is -3.84. The molecule has 4 aromatic rings. The van der Waals surface area contributed by atoms with Gasteiger partial charge in [-0.3, -0.25) is 9.59 Å². The summed E-state index contributed by atoms with van der Waals surface area (Å²) >= 11 is 1.48. The van der Waals surface area contributed by atoms with E-state index < -0.39 is 17.7 Å². The summed E-state index contributed by atoms with van der Waals surface area (Å²) in [7, 11) is 1.54. The number of fused-ring (bicyclic) bond motifs is 1. The zero-order valence-corrected chi connectivity index (χ0v) is 19.7. The maximum atomic E-state index is 13.2. The molecule has 2 aromatic carbocycles. The van der Waals surface area contributed by atoms with Crippen molar-refractivity contribution < 1.29 is 19.4 Å². The second kappa shape index (κ2) is 8.83. The topological polar surface area (TPSA) is 82.6 Å². The number of Topliss-reactive ketones (excluding diaryl/α,β-unsaturated/α-hetero) is 1. The number of likely N-dealkylation sites (tertiary alicyclic amines) is 1. The molecule has 1 aliphatic rings. The number of methoxy groups -OCH3 is 1. The van der Waals surface area contributed by atoms with E-state index in [9.17, 15) is 14.7 Å². The number of hydrogen-bond donors (Lipinski definition) is 2. The molecule has 0 spiro atoms. The zero-order chi connectivity index (χ0) is 23.8. The number of hydrogen-bond acceptors (Lipinski definition) is 5. The van der Waals surface area contributed by atoms with E-state index in [2.05, 4.69) is 4.98 Å². The normalized spacial score (nSPS) is 17.6. The molecule has 1 amide bonds. The highest BCUT2D eigenvalue weighted by atomic mass is 32.1. The van der Waals surface area contributed by atoms with Crippen LogP contribution in [0.1, 0.15) is 27.6 Å². The average Bonchev–Trinajstić information content (AvgIpc) is 3.54. The van der Waals surface area contributed by atoms with Gasteiger partial charge in [-0.05, 0) is 54.1 Å². The smallest absolute Gasteiger partial charge is 0.295 e. The number of carbonyl (C=O) groups excluding carboxylic acids is 2. The third kappa shape index (κ3) is 3.68. The number of aryl methyl sites for hydroxylation is 1. The van der Waals surface area contributed by atoms with E-state index in [-0.39, 0.29) is 11.3 Å². The minimum Gasteiger partial charge on any atom is -0.507 e. The van der Waals surface area contributed by atoms with Crippen molar-refractivity contribution in [3.05, 3.63) is 93.3 Å². The fourth-order valence-electron chi connectivity index (χ4n) is 4.55. The van der Waals surface area contributed by atoms with Crippen molar-refractivity contribution in [2.75, 3.05) is 13.7 Å². The van der Waals surface area contributed by atoms with Gasteiger partial charge in [0.25, 0.3) is 11.7 Å². The molecule has 5 rings (SSSR count). The molecule has 7 heteroatoms. The van der Waals surface area contributed by atoms with Crippen molar-refractivity contribution in [3.63, 3.8) is 0 Å². The van der Waals surface area contributed by atoms with E-state index in [0.29, 0.717) is 24.3 Å². The zero-order valence-electron chi connectivity index (χ0n) is 18.9. The van der Waals surface area contributed by atoms with Crippen LogP contribution >= 0.6 is 11.3 Å². The van der Waals surface area contributed by atoms with Crippen LogP contribution in [0.3, 0.4) is 0 Å². The van der Waals surface area contributed by atoms with E-state index >= 15 is 0 Å². The Morgan fingerprint density at radius 1 is 1.15 bits per heavy atom. The van der Waals surface area contributed by atoms with Crippen molar-refractivity contribution in [2.24, 2.45) is 0 Å². The summed E-state index contributed by atoms with van der Waals surface area (Å²) < 4.78 is 5.27. The van der Waals surface area contributed by atoms with Gasteiger partial charge in [-0.15, -0.1) is 11.3 Å². The first kappa shape index (κ1) is 22.0. The molecule has 34 heavy (non-hydrogen) atoms. The molecule has 2 N–H and O–H groups in total. The van der Waals surface area contributed by atoms with E-state index in [0.717, 1.165) is 26.9 Å². The molecular formula is C27H24N2O4S. The third-order valence-electron chi connectivity index (χ3n) is 6.33. The Balaban J connectivity index is 1.56. The van der Waals surface area contributed by atoms with Gasteiger partial charge < -0.3 is 19.7 Å². The number of aromatic amines is 1. The molecule has 0 bridgehead atoms. The summed E-state index contributed by atoms with van der Waals surface area (Å²) in [5.74, 6) is -0.898. The molecule has 3 heterocycles. The average molecular weight is 473 g/mol. The number of thiophene rings is 1. The Bertz CT molecular complexity index is 1430. The van der Waals surface area contributed by atoms with Crippen LogP contribution in [0.4, 0.5) is 0 Å². The molecule has 172 valence electrons. The molecule has 0 saturated carbocycles. The molecular weight excluding hydrogens is 448 g/mol. The van der Waals surface area contributed by atoms with Gasteiger partial charge in [-0.25, -0.2) is 0 Å². The van der Waals surface area contributed by atoms with E-state index in [4.69, 9.17) is 4.74 Å². The predicted octanol–water partition coefficient (Wildman–Crippen LogP) is 5.21. The van der Waals surface area contributed by atoms with Gasteiger partial charge >= 0.3 is 0 Å². The van der Waals surface area contributed by atoms with Crippen molar-refractivity contribution in [3.8, 4) is 5.75 Å². The summed E-state index contributed by atoms with van der Waals surface area (Å²) in [5, 5.41) is 14.3. The number of aliphatic hydroxyl groups excluding tert-OH is 1. The van der Waals surface area contributed by atoms with Gasteiger partial charge in [0.05, 0.1) is 18.7 Å². The molecule has 2 aromatic heterocycles. The highest BCUT2D eigenvalue weighted by Gasteiger charge is 2.46. The number of rotatable bonds is 6. The van der Waals surface area contributed by atoms with Gasteiger partial charge in [0.2, 0.25) is 0 Å². The number of benzene rings is 2. The lowest BCUT2D eigenvalue weighted by molar-refractivity contribution is -0.139. The van der Waals surface area contributed by atoms with E-state index in [1.807, 2.05) is 48.8 Å². The highest BCUT2D eigenvalue weighted by Crippen LogP contribution is 2.43. The van der Waals surface area contributed by atoms with Gasteiger partial charge in [0, 0.05) is 34.1 Å². The van der Waals surface area contributed by atoms with Crippen molar-refractivity contribution in [1.29, 1.82) is 0 Å². The van der Waals surface area contributed by atoms with Crippen molar-refractivity contribution in [2.45, 2.75) is 19.4 Å². The minimum atomic E-state index is -0.669. The number of carbonyl (C=O) groups is 2. The number of para-hydroxylation sites is 1. The first-order valence-electron chi connectivity index (χ1n) is 11.0. The number of aliphatic hydroxyl groups is 1. The van der Waals surface area contributed by atoms with Crippen molar-refractivity contribution >= 4 is 39.7 Å². The molecule has 1 aliphatic heterocycles. The Labute approximate surface area is 201 Å². The maximum absolute atomic E-state index is 13.2. The van der Waals surface area contributed by atoms with Crippen LogP contribution in [0.2, 0.25) is 0 Å². The number of nitrogens with zero attached hydrogens (tertiary/aromatic N) is 1. The number of ketones is 1. The third-order valence-corrected chi connectivity index (χ3v) is 7.40. The first-order valence-corrected chi connectivity index (χ1v) is 11.9. The standard InChI is InChI=1S/C27H24N2O4S/c1-16-11-13-34-26(16)23-22(24(30)17-6-5-7-19(14-17)33-2)25(31)27(32)29(23)12-10-18-15-28-21-9-4-3-8-20(18)21/h3-9,11,13-15,23,28,30H,10,12H2,1-2H3/b24-22-. The quantitative estimate of drug-likeness (QED) is 0.229. The fraction of sp³-hybridized carbons (Fsp3) is 0.185. The number of ether oxygens (including phenoxy) is 1. The Morgan fingerprint density at radius 2 is 1.97 bits per heavy atom. The van der Waals surface area contributed by atoms with Crippen LogP contribution in [0.25, 0.3) is 16.7 Å². The molecule has 0 radical (unpaired) electrons. The van der Waals surface area contributed by atoms with Crippen LogP contribution in [0.5, 0.6) is 5.75 Å². The number of aromatic nitrogens is 1.